The fraction of sp³-hybridized carbons (Fsp3) is 0.235. The molecule has 0 heterocycles. The fourth-order valence-corrected chi connectivity index (χ4v) is 2.00. The maximum Gasteiger partial charge on any atom is 0.121 e. The first-order valence-electron chi connectivity index (χ1n) is 6.53. The van der Waals surface area contributed by atoms with Crippen LogP contribution < -0.4 is 5.32 Å². The lowest BCUT2D eigenvalue weighted by molar-refractivity contribution is 0.629. The lowest BCUT2D eigenvalue weighted by Crippen LogP contribution is -2.22. The molecule has 0 unspecified atom stereocenters. The van der Waals surface area contributed by atoms with E-state index in [0.717, 1.165) is 18.5 Å². The second-order valence-electron chi connectivity index (χ2n) is 4.66. The van der Waals surface area contributed by atoms with Gasteiger partial charge in [-0.3, -0.25) is 5.32 Å². The third-order valence-corrected chi connectivity index (χ3v) is 3.14. The van der Waals surface area contributed by atoms with Gasteiger partial charge in [0.25, 0.3) is 0 Å². The predicted octanol–water partition coefficient (Wildman–Crippen LogP) is 3.39. The van der Waals surface area contributed by atoms with Crippen molar-refractivity contribution in [3.63, 3.8) is 0 Å². The monoisotopic (exact) mass is 250 g/mol. The summed E-state index contributed by atoms with van der Waals surface area (Å²) in [5.41, 5.74) is 3.53. The molecule has 0 aliphatic heterocycles. The van der Waals surface area contributed by atoms with Crippen LogP contribution in [0.5, 0.6) is 0 Å². The maximum absolute atomic E-state index is 9.23. The number of hydrogen-bond acceptors (Lipinski definition) is 2. The number of rotatable bonds is 5. The van der Waals surface area contributed by atoms with E-state index >= 15 is 0 Å². The Morgan fingerprint density at radius 1 is 1.05 bits per heavy atom. The maximum atomic E-state index is 9.23. The summed E-state index contributed by atoms with van der Waals surface area (Å²) in [4.78, 5) is 0. The van der Waals surface area contributed by atoms with Gasteiger partial charge in [0.15, 0.2) is 0 Å². The van der Waals surface area contributed by atoms with Crippen molar-refractivity contribution in [2.75, 3.05) is 6.54 Å². The quantitative estimate of drug-likeness (QED) is 0.883. The molecule has 0 bridgehead atoms. The van der Waals surface area contributed by atoms with Gasteiger partial charge in [0.05, 0.1) is 6.07 Å². The van der Waals surface area contributed by atoms with Crippen molar-refractivity contribution in [2.45, 2.75) is 19.4 Å². The molecular weight excluding hydrogens is 232 g/mol. The highest BCUT2D eigenvalue weighted by molar-refractivity contribution is 5.27. The SMILES string of the molecule is Cc1ccc([C@@H](C#N)NCCc2ccccc2)cc1. The molecule has 0 saturated heterocycles. The van der Waals surface area contributed by atoms with E-state index in [-0.39, 0.29) is 6.04 Å². The van der Waals surface area contributed by atoms with Crippen LogP contribution in [0, 0.1) is 18.3 Å². The van der Waals surface area contributed by atoms with E-state index in [4.69, 9.17) is 0 Å². The van der Waals surface area contributed by atoms with Gasteiger partial charge < -0.3 is 0 Å². The molecule has 2 heteroatoms. The molecule has 1 atom stereocenters. The number of nitriles is 1. The van der Waals surface area contributed by atoms with E-state index in [1.807, 2.05) is 49.4 Å². The topological polar surface area (TPSA) is 35.8 Å². The van der Waals surface area contributed by atoms with Crippen molar-refractivity contribution in [1.82, 2.24) is 5.32 Å². The highest BCUT2D eigenvalue weighted by Crippen LogP contribution is 2.13. The summed E-state index contributed by atoms with van der Waals surface area (Å²) in [7, 11) is 0. The van der Waals surface area contributed by atoms with E-state index < -0.39 is 0 Å². The van der Waals surface area contributed by atoms with Gasteiger partial charge in [0.2, 0.25) is 0 Å². The summed E-state index contributed by atoms with van der Waals surface area (Å²) in [6.07, 6.45) is 0.935. The van der Waals surface area contributed by atoms with E-state index in [1.54, 1.807) is 0 Å². The first-order chi connectivity index (χ1) is 9.29. The molecule has 0 aliphatic carbocycles. The first-order valence-corrected chi connectivity index (χ1v) is 6.53. The highest BCUT2D eigenvalue weighted by atomic mass is 14.9. The number of aryl methyl sites for hydroxylation is 1. The average molecular weight is 250 g/mol. The summed E-state index contributed by atoms with van der Waals surface area (Å²) in [5, 5.41) is 12.5. The Bertz CT molecular complexity index is 538. The molecule has 1 N–H and O–H groups in total. The summed E-state index contributed by atoms with van der Waals surface area (Å²) in [6.45, 7) is 2.85. The van der Waals surface area contributed by atoms with Crippen molar-refractivity contribution in [2.24, 2.45) is 0 Å². The van der Waals surface area contributed by atoms with Crippen LogP contribution in [0.2, 0.25) is 0 Å². The number of benzene rings is 2. The number of nitrogens with one attached hydrogen (secondary N) is 1. The van der Waals surface area contributed by atoms with Gasteiger partial charge >= 0.3 is 0 Å². The van der Waals surface area contributed by atoms with Crippen molar-refractivity contribution in [1.29, 1.82) is 5.26 Å². The molecule has 0 saturated carbocycles. The van der Waals surface area contributed by atoms with Gasteiger partial charge in [-0.05, 0) is 24.5 Å². The van der Waals surface area contributed by atoms with Crippen molar-refractivity contribution >= 4 is 0 Å². The number of hydrogen-bond donors (Lipinski definition) is 1. The first kappa shape index (κ1) is 13.3. The Labute approximate surface area is 114 Å². The van der Waals surface area contributed by atoms with Crippen LogP contribution in [0.25, 0.3) is 0 Å². The zero-order valence-electron chi connectivity index (χ0n) is 11.1. The minimum absolute atomic E-state index is 0.232. The zero-order valence-corrected chi connectivity index (χ0v) is 11.1. The van der Waals surface area contributed by atoms with Crippen molar-refractivity contribution in [3.05, 3.63) is 71.3 Å². The molecule has 0 radical (unpaired) electrons. The molecule has 0 aromatic heterocycles. The van der Waals surface area contributed by atoms with Crippen LogP contribution >= 0.6 is 0 Å². The third kappa shape index (κ3) is 3.94. The largest absolute Gasteiger partial charge is 0.298 e. The molecule has 2 nitrogen and oxygen atoms in total. The molecule has 0 fully saturated rings. The minimum atomic E-state index is -0.232. The second-order valence-corrected chi connectivity index (χ2v) is 4.66. The molecular formula is C17H18N2. The Hall–Kier alpha value is -2.11. The summed E-state index contributed by atoms with van der Waals surface area (Å²) < 4.78 is 0. The van der Waals surface area contributed by atoms with Gasteiger partial charge in [0.1, 0.15) is 6.04 Å². The average Bonchev–Trinajstić information content (AvgIpc) is 2.46. The molecule has 0 aliphatic rings. The van der Waals surface area contributed by atoms with Crippen LogP contribution in [0.3, 0.4) is 0 Å². The van der Waals surface area contributed by atoms with E-state index in [1.165, 1.54) is 11.1 Å². The van der Waals surface area contributed by atoms with Crippen LogP contribution in [-0.4, -0.2) is 6.54 Å². The summed E-state index contributed by atoms with van der Waals surface area (Å²) in [6, 6.07) is 20.5. The van der Waals surface area contributed by atoms with Gasteiger partial charge in [0, 0.05) is 6.54 Å². The van der Waals surface area contributed by atoms with Crippen LogP contribution in [0.4, 0.5) is 0 Å². The summed E-state index contributed by atoms with van der Waals surface area (Å²) in [5.74, 6) is 0. The van der Waals surface area contributed by atoms with Crippen LogP contribution in [-0.2, 0) is 6.42 Å². The molecule has 19 heavy (non-hydrogen) atoms. The number of nitrogens with zero attached hydrogens (tertiary/aromatic N) is 1. The van der Waals surface area contributed by atoms with Gasteiger partial charge in [-0.25, -0.2) is 0 Å². The fourth-order valence-electron chi connectivity index (χ4n) is 2.00. The zero-order chi connectivity index (χ0) is 13.5. The predicted molar refractivity (Wildman–Crippen MR) is 77.7 cm³/mol. The smallest absolute Gasteiger partial charge is 0.121 e. The Kier molecular flexibility index (Phi) is 4.72. The molecule has 0 spiro atoms. The van der Waals surface area contributed by atoms with Crippen molar-refractivity contribution < 1.29 is 0 Å². The summed E-state index contributed by atoms with van der Waals surface area (Å²) >= 11 is 0. The second kappa shape index (κ2) is 6.72. The molecule has 2 aromatic rings. The van der Waals surface area contributed by atoms with Crippen LogP contribution in [0.15, 0.2) is 54.6 Å². The Morgan fingerprint density at radius 3 is 2.37 bits per heavy atom. The van der Waals surface area contributed by atoms with Crippen LogP contribution in [0.1, 0.15) is 22.7 Å². The lowest BCUT2D eigenvalue weighted by atomic mass is 10.1. The minimum Gasteiger partial charge on any atom is -0.298 e. The van der Waals surface area contributed by atoms with Crippen molar-refractivity contribution in [3.8, 4) is 6.07 Å². The molecule has 2 aromatic carbocycles. The lowest BCUT2D eigenvalue weighted by Gasteiger charge is -2.12. The Balaban J connectivity index is 1.90. The normalized spacial score (nSPS) is 11.8. The van der Waals surface area contributed by atoms with E-state index in [9.17, 15) is 5.26 Å². The van der Waals surface area contributed by atoms with Gasteiger partial charge in [-0.15, -0.1) is 0 Å². The molecule has 96 valence electrons. The standard InChI is InChI=1S/C17H18N2/c1-14-7-9-16(10-8-14)17(13-18)19-12-11-15-5-3-2-4-6-15/h2-10,17,19H,11-12H2,1H3/t17-/m1/s1. The highest BCUT2D eigenvalue weighted by Gasteiger charge is 2.08. The van der Waals surface area contributed by atoms with Gasteiger partial charge in [-0.2, -0.15) is 5.26 Å². The Morgan fingerprint density at radius 2 is 1.74 bits per heavy atom. The molecule has 0 amide bonds. The van der Waals surface area contributed by atoms with E-state index in [2.05, 4.69) is 23.5 Å². The van der Waals surface area contributed by atoms with E-state index in [0.29, 0.717) is 0 Å². The van der Waals surface area contributed by atoms with Gasteiger partial charge in [-0.1, -0.05) is 60.2 Å². The third-order valence-electron chi connectivity index (χ3n) is 3.14. The molecule has 2 rings (SSSR count).